The number of para-hydroxylation sites is 2. The van der Waals surface area contributed by atoms with Crippen LogP contribution in [0.1, 0.15) is 10.6 Å². The van der Waals surface area contributed by atoms with Crippen LogP contribution in [0, 0.1) is 0 Å². The molecule has 4 heteroatoms. The molecule has 14 heavy (non-hydrogen) atoms. The van der Waals surface area contributed by atoms with Gasteiger partial charge >= 0.3 is 0 Å². The van der Waals surface area contributed by atoms with Crippen molar-refractivity contribution in [1.82, 2.24) is 9.55 Å². The fourth-order valence-electron chi connectivity index (χ4n) is 1.72. The van der Waals surface area contributed by atoms with E-state index in [-0.39, 0.29) is 5.78 Å². The first-order valence-electron chi connectivity index (χ1n) is 4.27. The first-order valence-corrected chi connectivity index (χ1v) is 4.27. The lowest BCUT2D eigenvalue weighted by atomic mass is 10.3. The number of ketones is 1. The molecule has 68 valence electrons. The van der Waals surface area contributed by atoms with Crippen LogP contribution in [0.4, 0.5) is 0 Å². The number of carbonyl (C=O) groups is 1. The van der Waals surface area contributed by atoms with Crippen LogP contribution in [0.3, 0.4) is 0 Å². The predicted octanol–water partition coefficient (Wildman–Crippen LogP) is 0.990. The summed E-state index contributed by atoms with van der Waals surface area (Å²) in [6, 6.07) is 7.54. The van der Waals surface area contributed by atoms with Crippen LogP contribution in [-0.4, -0.2) is 15.3 Å². The molecule has 3 rings (SSSR count). The maximum Gasteiger partial charge on any atom is 0.225 e. The number of hydrogen-bond donors (Lipinski definition) is 1. The molecule has 1 aliphatic heterocycles. The molecular weight excluding hydrogens is 178 g/mol. The Hall–Kier alpha value is -2.10. The van der Waals surface area contributed by atoms with Crippen LogP contribution in [0.2, 0.25) is 0 Å². The molecule has 2 heterocycles. The first kappa shape index (κ1) is 7.32. The van der Waals surface area contributed by atoms with Gasteiger partial charge in [-0.25, -0.2) is 4.98 Å². The molecule has 1 aliphatic rings. The third-order valence-electron chi connectivity index (χ3n) is 2.32. The minimum atomic E-state index is -0.126. The molecule has 0 radical (unpaired) electrons. The number of nitrogens with two attached hydrogens (primary N) is 1. The molecular formula is C10H7N3O. The standard InChI is InChI=1S/C10H7N3O/c11-9-5-8(14)10-12-6-3-1-2-4-7(6)13(9)10/h1-5H,11H2. The highest BCUT2D eigenvalue weighted by molar-refractivity contribution is 6.11. The number of imidazole rings is 1. The minimum absolute atomic E-state index is 0.126. The van der Waals surface area contributed by atoms with E-state index in [1.165, 1.54) is 6.08 Å². The van der Waals surface area contributed by atoms with E-state index in [1.54, 1.807) is 4.57 Å². The Kier molecular flexibility index (Phi) is 1.16. The molecule has 0 amide bonds. The van der Waals surface area contributed by atoms with Gasteiger partial charge in [0.1, 0.15) is 5.82 Å². The molecule has 0 atom stereocenters. The zero-order chi connectivity index (χ0) is 9.71. The number of rotatable bonds is 0. The Morgan fingerprint density at radius 3 is 2.93 bits per heavy atom. The van der Waals surface area contributed by atoms with Gasteiger partial charge in [-0.05, 0) is 12.1 Å². The number of fused-ring (bicyclic) bond motifs is 3. The molecule has 0 spiro atoms. The first-order chi connectivity index (χ1) is 6.77. The molecule has 0 aliphatic carbocycles. The zero-order valence-corrected chi connectivity index (χ0v) is 7.27. The minimum Gasteiger partial charge on any atom is -0.385 e. The van der Waals surface area contributed by atoms with E-state index < -0.39 is 0 Å². The number of nitrogens with zero attached hydrogens (tertiary/aromatic N) is 2. The summed E-state index contributed by atoms with van der Waals surface area (Å²) in [5.41, 5.74) is 7.39. The normalized spacial score (nSPS) is 14.6. The highest BCUT2D eigenvalue weighted by Crippen LogP contribution is 2.23. The second-order valence-corrected chi connectivity index (χ2v) is 3.19. The lowest BCUT2D eigenvalue weighted by Gasteiger charge is -1.98. The average molecular weight is 185 g/mol. The second kappa shape index (κ2) is 2.23. The molecule has 2 N–H and O–H groups in total. The zero-order valence-electron chi connectivity index (χ0n) is 7.27. The van der Waals surface area contributed by atoms with Gasteiger partial charge in [-0.3, -0.25) is 9.36 Å². The second-order valence-electron chi connectivity index (χ2n) is 3.19. The fourth-order valence-corrected chi connectivity index (χ4v) is 1.72. The van der Waals surface area contributed by atoms with Gasteiger partial charge in [0.05, 0.1) is 11.0 Å². The van der Waals surface area contributed by atoms with Gasteiger partial charge in [0.25, 0.3) is 0 Å². The monoisotopic (exact) mass is 185 g/mol. The molecule has 0 unspecified atom stereocenters. The van der Waals surface area contributed by atoms with Crippen LogP contribution in [0.25, 0.3) is 16.9 Å². The molecule has 2 aromatic rings. The van der Waals surface area contributed by atoms with E-state index in [9.17, 15) is 4.79 Å². The summed E-state index contributed by atoms with van der Waals surface area (Å²) in [5, 5.41) is 0. The molecule has 1 aromatic heterocycles. The lowest BCUT2D eigenvalue weighted by molar-refractivity contribution is 0.104. The largest absolute Gasteiger partial charge is 0.385 e. The van der Waals surface area contributed by atoms with Crippen molar-refractivity contribution in [3.63, 3.8) is 0 Å². The number of benzene rings is 1. The van der Waals surface area contributed by atoms with Gasteiger partial charge in [-0.15, -0.1) is 0 Å². The lowest BCUT2D eigenvalue weighted by Crippen LogP contribution is -2.03. The topological polar surface area (TPSA) is 60.9 Å². The summed E-state index contributed by atoms with van der Waals surface area (Å²) in [4.78, 5) is 15.6. The van der Waals surface area contributed by atoms with E-state index in [0.29, 0.717) is 11.6 Å². The van der Waals surface area contributed by atoms with E-state index in [1.807, 2.05) is 24.3 Å². The van der Waals surface area contributed by atoms with E-state index in [2.05, 4.69) is 4.98 Å². The molecule has 0 saturated carbocycles. The van der Waals surface area contributed by atoms with Gasteiger partial charge in [0, 0.05) is 6.08 Å². The maximum absolute atomic E-state index is 11.4. The van der Waals surface area contributed by atoms with Gasteiger partial charge in [0.15, 0.2) is 5.82 Å². The van der Waals surface area contributed by atoms with Crippen molar-refractivity contribution in [3.8, 4) is 0 Å². The molecule has 0 fully saturated rings. The Labute approximate surface area is 79.7 Å². The molecule has 0 bridgehead atoms. The van der Waals surface area contributed by atoms with Crippen LogP contribution in [-0.2, 0) is 0 Å². The summed E-state index contributed by atoms with van der Waals surface area (Å²) in [5.74, 6) is 0.723. The summed E-state index contributed by atoms with van der Waals surface area (Å²) in [6.45, 7) is 0. The van der Waals surface area contributed by atoms with Crippen molar-refractivity contribution in [2.75, 3.05) is 0 Å². The van der Waals surface area contributed by atoms with E-state index >= 15 is 0 Å². The van der Waals surface area contributed by atoms with Crippen LogP contribution in [0.5, 0.6) is 0 Å². The number of allylic oxidation sites excluding steroid dienone is 1. The summed E-state index contributed by atoms with van der Waals surface area (Å²) in [6.07, 6.45) is 1.40. The summed E-state index contributed by atoms with van der Waals surface area (Å²) < 4.78 is 1.68. The van der Waals surface area contributed by atoms with Gasteiger partial charge in [0.2, 0.25) is 5.78 Å². The third kappa shape index (κ3) is 0.724. The molecule has 4 nitrogen and oxygen atoms in total. The van der Waals surface area contributed by atoms with Crippen molar-refractivity contribution in [1.29, 1.82) is 0 Å². The summed E-state index contributed by atoms with van der Waals surface area (Å²) in [7, 11) is 0. The Morgan fingerprint density at radius 2 is 2.07 bits per heavy atom. The fraction of sp³-hybridized carbons (Fsp3) is 0. The quantitative estimate of drug-likeness (QED) is 0.665. The van der Waals surface area contributed by atoms with Crippen molar-refractivity contribution < 1.29 is 4.79 Å². The molecule has 1 aromatic carbocycles. The van der Waals surface area contributed by atoms with Gasteiger partial charge < -0.3 is 5.73 Å². The Balaban J connectivity index is 2.50. The maximum atomic E-state index is 11.4. The van der Waals surface area contributed by atoms with Crippen molar-refractivity contribution in [2.24, 2.45) is 5.73 Å². The predicted molar refractivity (Wildman–Crippen MR) is 52.5 cm³/mol. The third-order valence-corrected chi connectivity index (χ3v) is 2.32. The SMILES string of the molecule is NC1=CC(=O)c2nc3ccccc3n21. The summed E-state index contributed by atoms with van der Waals surface area (Å²) >= 11 is 0. The van der Waals surface area contributed by atoms with Crippen LogP contribution in [0.15, 0.2) is 30.3 Å². The van der Waals surface area contributed by atoms with E-state index in [0.717, 1.165) is 11.0 Å². The smallest absolute Gasteiger partial charge is 0.225 e. The van der Waals surface area contributed by atoms with Crippen molar-refractivity contribution in [3.05, 3.63) is 36.2 Å². The number of aromatic nitrogens is 2. The number of carbonyl (C=O) groups excluding carboxylic acids is 1. The highest BCUT2D eigenvalue weighted by atomic mass is 16.1. The van der Waals surface area contributed by atoms with Gasteiger partial charge in [-0.2, -0.15) is 0 Å². The van der Waals surface area contributed by atoms with E-state index in [4.69, 9.17) is 5.73 Å². The van der Waals surface area contributed by atoms with Crippen molar-refractivity contribution in [2.45, 2.75) is 0 Å². The van der Waals surface area contributed by atoms with Crippen molar-refractivity contribution >= 4 is 22.6 Å². The highest BCUT2D eigenvalue weighted by Gasteiger charge is 2.23. The van der Waals surface area contributed by atoms with Gasteiger partial charge in [-0.1, -0.05) is 12.1 Å². The van der Waals surface area contributed by atoms with Crippen LogP contribution < -0.4 is 5.73 Å². The molecule has 0 saturated heterocycles. The Bertz CT molecular complexity index is 580. The number of hydrogen-bond acceptors (Lipinski definition) is 3. The average Bonchev–Trinajstić information content (AvgIpc) is 2.66. The Morgan fingerprint density at radius 1 is 1.29 bits per heavy atom. The van der Waals surface area contributed by atoms with Crippen LogP contribution >= 0.6 is 0 Å².